The molecule has 1 aromatic heterocycles. The summed E-state index contributed by atoms with van der Waals surface area (Å²) in [5.41, 5.74) is 1.82. The maximum Gasteiger partial charge on any atom is 0.220 e. The van der Waals surface area contributed by atoms with E-state index >= 15 is 0 Å². The van der Waals surface area contributed by atoms with Gasteiger partial charge in [-0.3, -0.25) is 0 Å². The fraction of sp³-hybridized carbons (Fsp3) is 0.667. The Morgan fingerprint density at radius 1 is 1.26 bits per heavy atom. The van der Waals surface area contributed by atoms with Crippen LogP contribution in [0, 0.1) is 0 Å². The molecule has 7 heteroatoms. The van der Waals surface area contributed by atoms with E-state index in [1.807, 2.05) is 13.8 Å². The van der Waals surface area contributed by atoms with Crippen LogP contribution < -0.4 is 4.74 Å². The Labute approximate surface area is 113 Å². The van der Waals surface area contributed by atoms with Crippen molar-refractivity contribution >= 4 is 10.0 Å². The van der Waals surface area contributed by atoms with Crippen molar-refractivity contribution in [3.05, 3.63) is 17.6 Å². The molecule has 2 heterocycles. The Balaban J connectivity index is 2.27. The molecule has 0 spiro atoms. The minimum Gasteiger partial charge on any atom is -0.475 e. The Bertz CT molecular complexity index is 557. The third-order valence-corrected chi connectivity index (χ3v) is 4.32. The smallest absolute Gasteiger partial charge is 0.220 e. The Morgan fingerprint density at radius 2 is 1.95 bits per heavy atom. The Morgan fingerprint density at radius 3 is 2.58 bits per heavy atom. The van der Waals surface area contributed by atoms with Crippen molar-refractivity contribution < 1.29 is 13.2 Å². The van der Waals surface area contributed by atoms with Crippen molar-refractivity contribution in [2.24, 2.45) is 0 Å². The first-order valence-corrected chi connectivity index (χ1v) is 8.17. The summed E-state index contributed by atoms with van der Waals surface area (Å²) in [6, 6.07) is 0. The average Bonchev–Trinajstić information content (AvgIpc) is 2.50. The molecule has 0 unspecified atom stereocenters. The van der Waals surface area contributed by atoms with Crippen LogP contribution in [0.2, 0.25) is 0 Å². The van der Waals surface area contributed by atoms with E-state index in [4.69, 9.17) is 4.74 Å². The second-order valence-electron chi connectivity index (χ2n) is 4.93. The highest BCUT2D eigenvalue weighted by Crippen LogP contribution is 2.23. The lowest BCUT2D eigenvalue weighted by Gasteiger charge is -2.16. The lowest BCUT2D eigenvalue weighted by molar-refractivity contribution is 0.229. The summed E-state index contributed by atoms with van der Waals surface area (Å²) in [4.78, 5) is 8.41. The molecule has 0 radical (unpaired) electrons. The topological polar surface area (TPSA) is 72.4 Å². The van der Waals surface area contributed by atoms with E-state index in [1.165, 1.54) is 16.9 Å². The van der Waals surface area contributed by atoms with Crippen molar-refractivity contribution in [2.45, 2.75) is 32.8 Å². The van der Waals surface area contributed by atoms with Gasteiger partial charge in [-0.25, -0.2) is 22.7 Å². The monoisotopic (exact) mass is 285 g/mol. The van der Waals surface area contributed by atoms with E-state index in [9.17, 15) is 8.42 Å². The molecule has 19 heavy (non-hydrogen) atoms. The zero-order chi connectivity index (χ0) is 14.0. The summed E-state index contributed by atoms with van der Waals surface area (Å²) in [7, 11) is -3.16. The van der Waals surface area contributed by atoms with Crippen LogP contribution in [0.25, 0.3) is 0 Å². The summed E-state index contributed by atoms with van der Waals surface area (Å²) in [6.07, 6.45) is 3.94. The van der Waals surface area contributed by atoms with Gasteiger partial charge in [0.15, 0.2) is 0 Å². The first kappa shape index (κ1) is 14.2. The van der Waals surface area contributed by atoms with Crippen molar-refractivity contribution in [3.8, 4) is 5.88 Å². The van der Waals surface area contributed by atoms with Crippen LogP contribution in [-0.2, 0) is 22.9 Å². The predicted octanol–water partition coefficient (Wildman–Crippen LogP) is 0.624. The van der Waals surface area contributed by atoms with E-state index < -0.39 is 10.0 Å². The van der Waals surface area contributed by atoms with Gasteiger partial charge >= 0.3 is 0 Å². The molecule has 1 aromatic rings. The molecule has 0 saturated heterocycles. The van der Waals surface area contributed by atoms with Gasteiger partial charge in [0.1, 0.15) is 6.33 Å². The fourth-order valence-corrected chi connectivity index (χ4v) is 2.98. The number of aromatic nitrogens is 2. The number of hydrogen-bond donors (Lipinski definition) is 0. The van der Waals surface area contributed by atoms with Crippen molar-refractivity contribution in [2.75, 3.05) is 19.3 Å². The number of nitrogens with zero attached hydrogens (tertiary/aromatic N) is 3. The van der Waals surface area contributed by atoms with E-state index in [-0.39, 0.29) is 6.10 Å². The molecule has 0 bridgehead atoms. The van der Waals surface area contributed by atoms with Gasteiger partial charge in [-0.05, 0) is 20.3 Å². The molecule has 1 aliphatic heterocycles. The quantitative estimate of drug-likeness (QED) is 0.814. The summed E-state index contributed by atoms with van der Waals surface area (Å²) < 4.78 is 30.4. The van der Waals surface area contributed by atoms with E-state index in [0.717, 1.165) is 11.3 Å². The minimum absolute atomic E-state index is 0.0354. The largest absolute Gasteiger partial charge is 0.475 e. The van der Waals surface area contributed by atoms with Gasteiger partial charge in [-0.15, -0.1) is 0 Å². The lowest BCUT2D eigenvalue weighted by Crippen LogP contribution is -2.32. The highest BCUT2D eigenvalue weighted by atomic mass is 32.2. The van der Waals surface area contributed by atoms with Crippen molar-refractivity contribution in [3.63, 3.8) is 0 Å². The first-order valence-electron chi connectivity index (χ1n) is 6.32. The van der Waals surface area contributed by atoms with Crippen LogP contribution in [-0.4, -0.2) is 48.1 Å². The molecule has 106 valence electrons. The third kappa shape index (κ3) is 3.42. The molecule has 0 fully saturated rings. The van der Waals surface area contributed by atoms with Gasteiger partial charge in [0, 0.05) is 25.1 Å². The van der Waals surface area contributed by atoms with Crippen molar-refractivity contribution in [1.82, 2.24) is 14.3 Å². The van der Waals surface area contributed by atoms with Gasteiger partial charge in [0.2, 0.25) is 15.9 Å². The summed E-state index contributed by atoms with van der Waals surface area (Å²) in [6.45, 7) is 4.79. The molecule has 0 saturated carbocycles. The molecule has 1 aliphatic rings. The average molecular weight is 285 g/mol. The van der Waals surface area contributed by atoms with Gasteiger partial charge in [0.25, 0.3) is 0 Å². The van der Waals surface area contributed by atoms with Crippen LogP contribution in [0.4, 0.5) is 0 Å². The number of rotatable bonds is 3. The maximum absolute atomic E-state index is 11.6. The SMILES string of the molecule is CC(C)Oc1ncnc2c1CCN(S(C)(=O)=O)CC2. The van der Waals surface area contributed by atoms with Gasteiger partial charge < -0.3 is 4.74 Å². The van der Waals surface area contributed by atoms with Crippen LogP contribution in [0.5, 0.6) is 5.88 Å². The van der Waals surface area contributed by atoms with E-state index in [0.29, 0.717) is 31.8 Å². The second-order valence-corrected chi connectivity index (χ2v) is 6.92. The van der Waals surface area contributed by atoms with Crippen LogP contribution >= 0.6 is 0 Å². The highest BCUT2D eigenvalue weighted by Gasteiger charge is 2.24. The molecule has 2 rings (SSSR count). The molecular weight excluding hydrogens is 266 g/mol. The highest BCUT2D eigenvalue weighted by molar-refractivity contribution is 7.88. The molecule has 0 N–H and O–H groups in total. The number of sulfonamides is 1. The molecule has 0 amide bonds. The maximum atomic E-state index is 11.6. The van der Waals surface area contributed by atoms with Gasteiger partial charge in [0.05, 0.1) is 18.1 Å². The van der Waals surface area contributed by atoms with E-state index in [1.54, 1.807) is 0 Å². The summed E-state index contributed by atoms with van der Waals surface area (Å²) in [5, 5.41) is 0. The van der Waals surface area contributed by atoms with Crippen LogP contribution in [0.1, 0.15) is 25.1 Å². The molecular formula is C12H19N3O3S. The lowest BCUT2D eigenvalue weighted by atomic mass is 10.1. The van der Waals surface area contributed by atoms with Crippen LogP contribution in [0.3, 0.4) is 0 Å². The normalized spacial score (nSPS) is 17.1. The predicted molar refractivity (Wildman–Crippen MR) is 71.6 cm³/mol. The molecule has 0 atom stereocenters. The molecule has 6 nitrogen and oxygen atoms in total. The van der Waals surface area contributed by atoms with E-state index in [2.05, 4.69) is 9.97 Å². The first-order chi connectivity index (χ1) is 8.88. The zero-order valence-corrected chi connectivity index (χ0v) is 12.3. The van der Waals surface area contributed by atoms with Gasteiger partial charge in [-0.2, -0.15) is 0 Å². The zero-order valence-electron chi connectivity index (χ0n) is 11.5. The van der Waals surface area contributed by atoms with Crippen molar-refractivity contribution in [1.29, 1.82) is 0 Å². The summed E-state index contributed by atoms with van der Waals surface area (Å²) >= 11 is 0. The fourth-order valence-electron chi connectivity index (χ4n) is 2.13. The number of ether oxygens (including phenoxy) is 1. The summed E-state index contributed by atoms with van der Waals surface area (Å²) in [5.74, 6) is 0.579. The number of fused-ring (bicyclic) bond motifs is 1. The Hall–Kier alpha value is -1.21. The number of hydrogen-bond acceptors (Lipinski definition) is 5. The second kappa shape index (κ2) is 5.42. The minimum atomic E-state index is -3.16. The molecule has 0 aromatic carbocycles. The molecule has 0 aliphatic carbocycles. The van der Waals surface area contributed by atoms with Crippen LogP contribution in [0.15, 0.2) is 6.33 Å². The Kier molecular flexibility index (Phi) is 4.05. The third-order valence-electron chi connectivity index (χ3n) is 3.02. The van der Waals surface area contributed by atoms with Gasteiger partial charge in [-0.1, -0.05) is 0 Å². The standard InChI is InChI=1S/C12H19N3O3S/c1-9(2)18-12-10-4-6-15(19(3,16)17)7-5-11(10)13-8-14-12/h8-9H,4-7H2,1-3H3.